The fraction of sp³-hybridized carbons (Fsp3) is 0.583. The van der Waals surface area contributed by atoms with Crippen LogP contribution in [-0.2, 0) is 4.74 Å². The zero-order valence-electron chi connectivity index (χ0n) is 17.3. The Morgan fingerprint density at radius 3 is 2.74 bits per heavy atom. The van der Waals surface area contributed by atoms with Gasteiger partial charge in [-0.15, -0.1) is 0 Å². The Morgan fingerprint density at radius 1 is 1.15 bits per heavy atom. The third kappa shape index (κ3) is 2.69. The lowest BCUT2D eigenvalue weighted by Gasteiger charge is -2.37. The first-order valence-corrected chi connectivity index (χ1v) is 10.5. The molecule has 0 aromatic rings. The number of allylic oxidation sites excluding steroid dienone is 2. The predicted octanol–water partition coefficient (Wildman–Crippen LogP) is 4.62. The Hall–Kier alpha value is -1.90. The summed E-state index contributed by atoms with van der Waals surface area (Å²) in [6.45, 7) is 10.3. The molecule has 27 heavy (non-hydrogen) atoms. The van der Waals surface area contributed by atoms with E-state index in [2.05, 4.69) is 81.1 Å². The minimum atomic E-state index is 0.184. The first-order chi connectivity index (χ1) is 12.8. The van der Waals surface area contributed by atoms with Gasteiger partial charge in [-0.25, -0.2) is 0 Å². The van der Waals surface area contributed by atoms with E-state index in [-0.39, 0.29) is 6.10 Å². The highest BCUT2D eigenvalue weighted by Crippen LogP contribution is 2.49. The highest BCUT2D eigenvalue weighted by molar-refractivity contribution is 5.50. The van der Waals surface area contributed by atoms with Crippen molar-refractivity contribution in [2.75, 3.05) is 13.6 Å². The Labute approximate surface area is 163 Å². The minimum absolute atomic E-state index is 0.184. The second kappa shape index (κ2) is 5.80. The van der Waals surface area contributed by atoms with E-state index in [4.69, 9.17) is 4.74 Å². The summed E-state index contributed by atoms with van der Waals surface area (Å²) in [5.41, 5.74) is 4.77. The van der Waals surface area contributed by atoms with Gasteiger partial charge in [0, 0.05) is 31.1 Å². The number of nitrogens with zero attached hydrogens (tertiary/aromatic N) is 2. The van der Waals surface area contributed by atoms with Crippen molar-refractivity contribution in [1.29, 1.82) is 0 Å². The van der Waals surface area contributed by atoms with Crippen molar-refractivity contribution in [3.8, 4) is 0 Å². The summed E-state index contributed by atoms with van der Waals surface area (Å²) in [7, 11) is 2.16. The molecule has 0 saturated heterocycles. The van der Waals surface area contributed by atoms with E-state index in [0.717, 1.165) is 12.4 Å². The zero-order chi connectivity index (χ0) is 18.9. The van der Waals surface area contributed by atoms with E-state index in [9.17, 15) is 0 Å². The lowest BCUT2D eigenvalue weighted by atomic mass is 9.76. The van der Waals surface area contributed by atoms with E-state index >= 15 is 0 Å². The summed E-state index contributed by atoms with van der Waals surface area (Å²) >= 11 is 0. The van der Waals surface area contributed by atoms with Crippen LogP contribution in [0.1, 0.15) is 40.5 Å². The van der Waals surface area contributed by atoms with Crippen molar-refractivity contribution in [2.24, 2.45) is 17.3 Å². The molecule has 0 radical (unpaired) electrons. The summed E-state index contributed by atoms with van der Waals surface area (Å²) < 4.78 is 6.65. The summed E-state index contributed by atoms with van der Waals surface area (Å²) in [5.74, 6) is 2.13. The van der Waals surface area contributed by atoms with Crippen LogP contribution in [0.25, 0.3) is 0 Å². The summed E-state index contributed by atoms with van der Waals surface area (Å²) in [6.07, 6.45) is 16.8. The van der Waals surface area contributed by atoms with Gasteiger partial charge in [0.1, 0.15) is 6.10 Å². The van der Waals surface area contributed by atoms with Crippen molar-refractivity contribution in [2.45, 2.75) is 58.7 Å². The first-order valence-electron chi connectivity index (χ1n) is 10.5. The molecule has 5 atom stereocenters. The van der Waals surface area contributed by atoms with Crippen LogP contribution in [0.4, 0.5) is 0 Å². The molecule has 3 nitrogen and oxygen atoms in total. The van der Waals surface area contributed by atoms with Crippen LogP contribution in [0.5, 0.6) is 0 Å². The maximum atomic E-state index is 6.65. The van der Waals surface area contributed by atoms with Crippen LogP contribution in [0.3, 0.4) is 0 Å². The molecule has 0 spiro atoms. The highest BCUT2D eigenvalue weighted by atomic mass is 16.5. The normalized spacial score (nSPS) is 36.7. The smallest absolute Gasteiger partial charge is 0.194 e. The fourth-order valence-corrected chi connectivity index (χ4v) is 5.54. The number of fused-ring (bicyclic) bond motifs is 5. The molecule has 0 aromatic heterocycles. The molecule has 144 valence electrons. The van der Waals surface area contributed by atoms with Crippen LogP contribution in [0.15, 0.2) is 59.2 Å². The number of rotatable bonds is 1. The third-order valence-electron chi connectivity index (χ3n) is 6.90. The van der Waals surface area contributed by atoms with Crippen LogP contribution >= 0.6 is 0 Å². The van der Waals surface area contributed by atoms with Crippen LogP contribution in [0.2, 0.25) is 0 Å². The molecule has 3 heteroatoms. The van der Waals surface area contributed by atoms with Crippen molar-refractivity contribution in [3.63, 3.8) is 0 Å². The number of likely N-dealkylation sites (N-methyl/N-ethyl adjacent to an activating group) is 1. The van der Waals surface area contributed by atoms with Gasteiger partial charge in [-0.2, -0.15) is 0 Å². The Bertz CT molecular complexity index is 807. The van der Waals surface area contributed by atoms with Crippen LogP contribution in [0, 0.1) is 17.3 Å². The Kier molecular flexibility index (Phi) is 3.70. The SMILES string of the molecule is CC1C=CC2=C(OC3C4=C(C=CC23)CN2C=CC(CC(C)(C)C)CC42)N1C. The molecule has 5 unspecified atom stereocenters. The van der Waals surface area contributed by atoms with Crippen molar-refractivity contribution >= 4 is 0 Å². The van der Waals surface area contributed by atoms with Crippen molar-refractivity contribution in [3.05, 3.63) is 59.2 Å². The predicted molar refractivity (Wildman–Crippen MR) is 110 cm³/mol. The van der Waals surface area contributed by atoms with Gasteiger partial charge in [-0.1, -0.05) is 51.2 Å². The van der Waals surface area contributed by atoms with E-state index in [1.807, 2.05) is 0 Å². The standard InChI is InChI=1S/C24H32N2O/c1-15-6-8-19-18-9-7-17-14-26-11-10-16(13-24(2,3)4)12-20(26)21(17)22(18)27-23(19)25(15)5/h6-11,15-16,18,20,22H,12-14H2,1-5H3. The van der Waals surface area contributed by atoms with Gasteiger partial charge in [0.05, 0.1) is 6.04 Å². The number of ether oxygens (including phenoxy) is 1. The molecule has 5 aliphatic rings. The molecule has 4 heterocycles. The topological polar surface area (TPSA) is 15.7 Å². The van der Waals surface area contributed by atoms with Gasteiger partial charge < -0.3 is 14.5 Å². The van der Waals surface area contributed by atoms with Gasteiger partial charge in [0.15, 0.2) is 5.88 Å². The van der Waals surface area contributed by atoms with E-state index < -0.39 is 0 Å². The maximum Gasteiger partial charge on any atom is 0.194 e. The third-order valence-corrected chi connectivity index (χ3v) is 6.90. The lowest BCUT2D eigenvalue weighted by molar-refractivity contribution is 0.0785. The molecular formula is C24H32N2O. The maximum absolute atomic E-state index is 6.65. The van der Waals surface area contributed by atoms with E-state index in [1.54, 1.807) is 5.57 Å². The Morgan fingerprint density at radius 2 is 1.96 bits per heavy atom. The van der Waals surface area contributed by atoms with E-state index in [0.29, 0.717) is 29.3 Å². The molecule has 4 aliphatic heterocycles. The fourth-order valence-electron chi connectivity index (χ4n) is 5.54. The number of hydrogen-bond acceptors (Lipinski definition) is 3. The van der Waals surface area contributed by atoms with Gasteiger partial charge in [0.2, 0.25) is 0 Å². The average Bonchev–Trinajstić information content (AvgIpc) is 3.14. The van der Waals surface area contributed by atoms with Crippen molar-refractivity contribution in [1.82, 2.24) is 9.80 Å². The number of hydrogen-bond donors (Lipinski definition) is 0. The zero-order valence-corrected chi connectivity index (χ0v) is 17.3. The molecule has 0 amide bonds. The van der Waals surface area contributed by atoms with Crippen molar-refractivity contribution < 1.29 is 4.74 Å². The van der Waals surface area contributed by atoms with Gasteiger partial charge in [0.25, 0.3) is 0 Å². The van der Waals surface area contributed by atoms with E-state index in [1.165, 1.54) is 24.0 Å². The summed E-state index contributed by atoms with van der Waals surface area (Å²) in [6, 6.07) is 0.901. The summed E-state index contributed by atoms with van der Waals surface area (Å²) in [5, 5.41) is 0. The molecule has 0 fully saturated rings. The second-order valence-corrected chi connectivity index (χ2v) is 10.2. The average molecular weight is 365 g/mol. The lowest BCUT2D eigenvalue weighted by Crippen LogP contribution is -2.38. The molecule has 5 rings (SSSR count). The molecule has 0 aromatic carbocycles. The molecule has 0 saturated carbocycles. The van der Waals surface area contributed by atoms with Gasteiger partial charge in [-0.05, 0) is 48.4 Å². The Balaban J connectivity index is 1.43. The monoisotopic (exact) mass is 364 g/mol. The minimum Gasteiger partial charge on any atom is -0.470 e. The molecule has 0 N–H and O–H groups in total. The largest absolute Gasteiger partial charge is 0.470 e. The quantitative estimate of drug-likeness (QED) is 0.675. The van der Waals surface area contributed by atoms with Crippen LogP contribution < -0.4 is 0 Å². The highest BCUT2D eigenvalue weighted by Gasteiger charge is 2.48. The molecular weight excluding hydrogens is 332 g/mol. The van der Waals surface area contributed by atoms with Crippen LogP contribution in [-0.4, -0.2) is 41.6 Å². The van der Waals surface area contributed by atoms with Gasteiger partial charge in [-0.3, -0.25) is 0 Å². The first kappa shape index (κ1) is 17.2. The molecule has 0 bridgehead atoms. The summed E-state index contributed by atoms with van der Waals surface area (Å²) in [4.78, 5) is 4.83. The van der Waals surface area contributed by atoms with Gasteiger partial charge >= 0.3 is 0 Å². The molecule has 1 aliphatic carbocycles. The second-order valence-electron chi connectivity index (χ2n) is 10.2.